The Bertz CT molecular complexity index is 701. The second-order valence-corrected chi connectivity index (χ2v) is 6.37. The number of fused-ring (bicyclic) bond motifs is 2. The van der Waals surface area contributed by atoms with Gasteiger partial charge in [-0.15, -0.1) is 0 Å². The first kappa shape index (κ1) is 17.6. The number of para-hydroxylation sites is 2. The summed E-state index contributed by atoms with van der Waals surface area (Å²) in [6, 6.07) is 15.6. The molecule has 130 valence electrons. The highest BCUT2D eigenvalue weighted by Crippen LogP contribution is 2.20. The highest BCUT2D eigenvalue weighted by atomic mass is 32.1. The van der Waals surface area contributed by atoms with Crippen LogP contribution in [-0.4, -0.2) is 36.3 Å². The normalized spacial score (nSPS) is 15.8. The Labute approximate surface area is 158 Å². The van der Waals surface area contributed by atoms with Crippen molar-refractivity contribution in [2.24, 2.45) is 0 Å². The van der Waals surface area contributed by atoms with Gasteiger partial charge in [0, 0.05) is 19.5 Å². The highest BCUT2D eigenvalue weighted by Gasteiger charge is 2.11. The number of rotatable bonds is 0. The van der Waals surface area contributed by atoms with Crippen molar-refractivity contribution in [3.8, 4) is 11.5 Å². The molecular formula is C19H20N2O2S2. The van der Waals surface area contributed by atoms with Crippen LogP contribution >= 0.6 is 24.4 Å². The molecule has 2 N–H and O–H groups in total. The summed E-state index contributed by atoms with van der Waals surface area (Å²) in [7, 11) is 0. The van der Waals surface area contributed by atoms with E-state index in [1.165, 1.54) is 0 Å². The van der Waals surface area contributed by atoms with Gasteiger partial charge in [0.05, 0.1) is 24.3 Å². The maximum Gasteiger partial charge on any atom is 0.129 e. The van der Waals surface area contributed by atoms with Crippen LogP contribution in [0.2, 0.25) is 0 Å². The van der Waals surface area contributed by atoms with Gasteiger partial charge in [0.2, 0.25) is 0 Å². The molecule has 0 spiro atoms. The van der Waals surface area contributed by atoms with E-state index in [9.17, 15) is 0 Å². The molecule has 1 aliphatic rings. The monoisotopic (exact) mass is 372 g/mol. The maximum atomic E-state index is 5.89. The Balaban J connectivity index is 1.76. The molecule has 0 saturated heterocycles. The van der Waals surface area contributed by atoms with Gasteiger partial charge in [-0.25, -0.2) is 0 Å². The molecule has 25 heavy (non-hydrogen) atoms. The third kappa shape index (κ3) is 4.67. The van der Waals surface area contributed by atoms with Crippen molar-refractivity contribution in [2.45, 2.75) is 6.42 Å². The van der Waals surface area contributed by atoms with Crippen LogP contribution in [0.15, 0.2) is 48.5 Å². The molecule has 0 atom stereocenters. The zero-order chi connectivity index (χ0) is 17.5. The molecule has 1 aliphatic heterocycles. The Morgan fingerprint density at radius 1 is 0.680 bits per heavy atom. The first-order chi connectivity index (χ1) is 12.3. The van der Waals surface area contributed by atoms with E-state index in [4.69, 9.17) is 33.9 Å². The summed E-state index contributed by atoms with van der Waals surface area (Å²) in [5.41, 5.74) is 1.80. The predicted molar refractivity (Wildman–Crippen MR) is 108 cm³/mol. The number of hydrogen-bond donors (Lipinski definition) is 2. The maximum absolute atomic E-state index is 5.89. The van der Waals surface area contributed by atoms with Gasteiger partial charge in [0.1, 0.15) is 21.5 Å². The van der Waals surface area contributed by atoms with Crippen LogP contribution in [0.25, 0.3) is 0 Å². The van der Waals surface area contributed by atoms with Gasteiger partial charge in [-0.05, 0) is 24.3 Å². The summed E-state index contributed by atoms with van der Waals surface area (Å²) in [5.74, 6) is 1.58. The molecule has 1 heterocycles. The number of ether oxygens (including phenoxy) is 2. The summed E-state index contributed by atoms with van der Waals surface area (Å²) < 4.78 is 11.8. The molecule has 0 fully saturated rings. The molecular weight excluding hydrogens is 352 g/mol. The second-order valence-electron chi connectivity index (χ2n) is 5.55. The van der Waals surface area contributed by atoms with Crippen LogP contribution < -0.4 is 20.1 Å². The summed E-state index contributed by atoms with van der Waals surface area (Å²) in [5, 5.41) is 6.50. The van der Waals surface area contributed by atoms with Crippen molar-refractivity contribution in [3.05, 3.63) is 59.7 Å². The summed E-state index contributed by atoms with van der Waals surface area (Å²) in [4.78, 5) is 1.35. The van der Waals surface area contributed by atoms with E-state index < -0.39 is 0 Å². The summed E-state index contributed by atoms with van der Waals surface area (Å²) in [6.07, 6.45) is 0.767. The first-order valence-corrected chi connectivity index (χ1v) is 9.07. The smallest absolute Gasteiger partial charge is 0.129 e. The minimum atomic E-state index is 0.560. The quantitative estimate of drug-likeness (QED) is 0.693. The average Bonchev–Trinajstić information content (AvgIpc) is 2.65. The van der Waals surface area contributed by atoms with Crippen molar-refractivity contribution in [3.63, 3.8) is 0 Å². The van der Waals surface area contributed by atoms with Crippen LogP contribution in [0.4, 0.5) is 0 Å². The Morgan fingerprint density at radius 2 is 1.12 bits per heavy atom. The van der Waals surface area contributed by atoms with Gasteiger partial charge < -0.3 is 20.1 Å². The SMILES string of the molecule is S=C1NCCNC(=S)c2ccccc2OCCCOc2ccccc21. The van der Waals surface area contributed by atoms with Crippen molar-refractivity contribution in [1.82, 2.24) is 10.6 Å². The van der Waals surface area contributed by atoms with Crippen molar-refractivity contribution < 1.29 is 9.47 Å². The van der Waals surface area contributed by atoms with E-state index in [0.717, 1.165) is 29.0 Å². The number of hydrogen-bond acceptors (Lipinski definition) is 4. The third-order valence-electron chi connectivity index (χ3n) is 3.76. The largest absolute Gasteiger partial charge is 0.493 e. The topological polar surface area (TPSA) is 42.5 Å². The fourth-order valence-corrected chi connectivity index (χ4v) is 3.07. The van der Waals surface area contributed by atoms with Crippen LogP contribution in [-0.2, 0) is 0 Å². The van der Waals surface area contributed by atoms with Crippen LogP contribution in [0.5, 0.6) is 11.5 Å². The standard InChI is InChI=1S/C19H20N2O2S2/c24-18-14-6-1-3-8-16(14)22-12-5-13-23-17-9-4-2-7-15(17)19(25)21-11-10-20-18/h1-4,6-9H,5,10-13H2,(H,20,24)(H,21,25). The lowest BCUT2D eigenvalue weighted by Crippen LogP contribution is -2.34. The van der Waals surface area contributed by atoms with Gasteiger partial charge in [0.15, 0.2) is 0 Å². The predicted octanol–water partition coefficient (Wildman–Crippen LogP) is 3.08. The van der Waals surface area contributed by atoms with Crippen molar-refractivity contribution >= 4 is 34.4 Å². The van der Waals surface area contributed by atoms with Crippen LogP contribution in [0.3, 0.4) is 0 Å². The number of benzene rings is 2. The minimum Gasteiger partial charge on any atom is -0.493 e. The van der Waals surface area contributed by atoms with E-state index >= 15 is 0 Å². The number of nitrogens with one attached hydrogen (secondary N) is 2. The molecule has 0 saturated carbocycles. The zero-order valence-corrected chi connectivity index (χ0v) is 15.4. The van der Waals surface area contributed by atoms with E-state index in [2.05, 4.69) is 10.6 Å². The van der Waals surface area contributed by atoms with Crippen molar-refractivity contribution in [1.29, 1.82) is 0 Å². The van der Waals surface area contributed by atoms with E-state index in [0.29, 0.717) is 36.3 Å². The molecule has 0 radical (unpaired) electrons. The summed E-state index contributed by atoms with van der Waals surface area (Å²) in [6.45, 7) is 2.45. The molecule has 0 unspecified atom stereocenters. The minimum absolute atomic E-state index is 0.560. The zero-order valence-electron chi connectivity index (χ0n) is 13.8. The van der Waals surface area contributed by atoms with E-state index in [1.807, 2.05) is 48.5 Å². The van der Waals surface area contributed by atoms with Crippen LogP contribution in [0.1, 0.15) is 17.5 Å². The van der Waals surface area contributed by atoms with Gasteiger partial charge in [0.25, 0.3) is 0 Å². The number of thiocarbonyl (C=S) groups is 2. The summed E-state index contributed by atoms with van der Waals surface area (Å²) >= 11 is 11.0. The molecule has 6 heteroatoms. The van der Waals surface area contributed by atoms with Gasteiger partial charge in [-0.2, -0.15) is 0 Å². The molecule has 2 aromatic carbocycles. The van der Waals surface area contributed by atoms with Gasteiger partial charge >= 0.3 is 0 Å². The molecule has 0 aromatic heterocycles. The fourth-order valence-electron chi connectivity index (χ4n) is 2.53. The van der Waals surface area contributed by atoms with E-state index in [-0.39, 0.29) is 0 Å². The lowest BCUT2D eigenvalue weighted by molar-refractivity contribution is 0.247. The lowest BCUT2D eigenvalue weighted by Gasteiger charge is -2.14. The molecule has 0 aliphatic carbocycles. The van der Waals surface area contributed by atoms with Gasteiger partial charge in [-0.3, -0.25) is 0 Å². The average molecular weight is 373 g/mol. The van der Waals surface area contributed by atoms with Crippen molar-refractivity contribution in [2.75, 3.05) is 26.3 Å². The third-order valence-corrected chi connectivity index (χ3v) is 4.49. The lowest BCUT2D eigenvalue weighted by atomic mass is 10.2. The highest BCUT2D eigenvalue weighted by molar-refractivity contribution is 7.81. The molecule has 3 rings (SSSR count). The Hall–Kier alpha value is -2.18. The second kappa shape index (κ2) is 8.78. The molecule has 0 amide bonds. The first-order valence-electron chi connectivity index (χ1n) is 8.26. The Morgan fingerprint density at radius 3 is 1.60 bits per heavy atom. The fraction of sp³-hybridized carbons (Fsp3) is 0.263. The van der Waals surface area contributed by atoms with E-state index in [1.54, 1.807) is 0 Å². The molecule has 0 bridgehead atoms. The molecule has 2 aromatic rings. The molecule has 4 nitrogen and oxygen atoms in total. The van der Waals surface area contributed by atoms with Gasteiger partial charge in [-0.1, -0.05) is 48.7 Å². The van der Waals surface area contributed by atoms with Crippen LogP contribution in [0, 0.1) is 0 Å². The Kier molecular flexibility index (Phi) is 6.19.